The average Bonchev–Trinajstić information content (AvgIpc) is 2.74. The summed E-state index contributed by atoms with van der Waals surface area (Å²) in [6, 6.07) is 4.19. The highest BCUT2D eigenvalue weighted by Gasteiger charge is 2.25. The molecule has 0 amide bonds. The molecule has 0 atom stereocenters. The maximum Gasteiger partial charge on any atom is 0.416 e. The van der Waals surface area contributed by atoms with Crippen LogP contribution in [0.15, 0.2) is 16.5 Å². The second kappa shape index (κ2) is 5.68. The smallest absolute Gasteiger partial charge is 0.222 e. The summed E-state index contributed by atoms with van der Waals surface area (Å²) >= 11 is 0.968. The third-order valence-corrected chi connectivity index (χ3v) is 5.28. The van der Waals surface area contributed by atoms with Gasteiger partial charge in [0.05, 0.1) is 5.10 Å². The van der Waals surface area contributed by atoms with Crippen molar-refractivity contribution in [3.05, 3.63) is 29.1 Å². The van der Waals surface area contributed by atoms with E-state index < -0.39 is 10.0 Å². The van der Waals surface area contributed by atoms with Crippen LogP contribution in [0.2, 0.25) is 0 Å². The van der Waals surface area contributed by atoms with Gasteiger partial charge in [-0.05, 0) is 59.8 Å². The Bertz CT molecular complexity index is 781. The van der Waals surface area contributed by atoms with E-state index in [9.17, 15) is 8.42 Å². The number of aryl methyl sites for hydroxylation is 2. The minimum Gasteiger partial charge on any atom is -0.222 e. The molecule has 0 fully saturated rings. The van der Waals surface area contributed by atoms with E-state index in [1.165, 1.54) is 5.56 Å². The van der Waals surface area contributed by atoms with Crippen LogP contribution in [-0.4, -0.2) is 18.6 Å². The van der Waals surface area contributed by atoms with Gasteiger partial charge in [0.15, 0.2) is 0 Å². The van der Waals surface area contributed by atoms with Crippen molar-refractivity contribution >= 4 is 21.4 Å². The molecule has 0 unspecified atom stereocenters. The molecule has 2 N–H and O–H groups in total. The quantitative estimate of drug-likeness (QED) is 0.860. The van der Waals surface area contributed by atoms with Crippen LogP contribution < -0.4 is 9.71 Å². The van der Waals surface area contributed by atoms with Gasteiger partial charge in [-0.15, -0.1) is 0 Å². The minimum absolute atomic E-state index is 0.174. The summed E-state index contributed by atoms with van der Waals surface area (Å²) in [6.45, 7) is 10.5. The molecule has 2 rings (SSSR count). The van der Waals surface area contributed by atoms with Crippen molar-refractivity contribution in [2.45, 2.75) is 45.4 Å². The van der Waals surface area contributed by atoms with Gasteiger partial charge in [-0.25, -0.2) is 13.6 Å². The Morgan fingerprint density at radius 2 is 1.73 bits per heavy atom. The van der Waals surface area contributed by atoms with Crippen molar-refractivity contribution in [1.29, 1.82) is 0 Å². The summed E-state index contributed by atoms with van der Waals surface area (Å²) in [5, 5.41) is 13.2. The lowest BCUT2D eigenvalue weighted by Crippen LogP contribution is -2.38. The molecule has 2 aromatic rings. The fraction of sp³-hybridized carbons (Fsp3) is 0.500. The van der Waals surface area contributed by atoms with Crippen LogP contribution in [0.4, 0.5) is 0 Å². The average molecular weight is 341 g/mol. The molecule has 0 aliphatic heterocycles. The zero-order chi connectivity index (χ0) is 16.7. The molecule has 2 heterocycles. The number of rotatable bonds is 3. The Kier molecular flexibility index (Phi) is 4.38. The largest absolute Gasteiger partial charge is 0.416 e. The molecule has 8 heteroatoms. The second-order valence-corrected chi connectivity index (χ2v) is 9.31. The zero-order valence-corrected chi connectivity index (χ0v) is 15.0. The van der Waals surface area contributed by atoms with Gasteiger partial charge >= 0.3 is 5.13 Å². The molecule has 0 radical (unpaired) electrons. The highest BCUT2D eigenvalue weighted by molar-refractivity contribution is 7.91. The Labute approximate surface area is 135 Å². The van der Waals surface area contributed by atoms with Crippen molar-refractivity contribution in [3.8, 4) is 5.13 Å². The summed E-state index contributed by atoms with van der Waals surface area (Å²) in [7, 11) is -3.82. The van der Waals surface area contributed by atoms with Crippen molar-refractivity contribution < 1.29 is 13.0 Å². The Morgan fingerprint density at radius 3 is 2.14 bits per heavy atom. The van der Waals surface area contributed by atoms with Gasteiger partial charge in [-0.1, -0.05) is 20.8 Å². The number of primary sulfonamides is 1. The summed E-state index contributed by atoms with van der Waals surface area (Å²) < 4.78 is 24.4. The molecule has 0 spiro atoms. The van der Waals surface area contributed by atoms with Crippen molar-refractivity contribution in [2.75, 3.05) is 0 Å². The van der Waals surface area contributed by atoms with Crippen molar-refractivity contribution in [1.82, 2.24) is 10.2 Å². The Balaban J connectivity index is 2.47. The van der Waals surface area contributed by atoms with Crippen LogP contribution >= 0.6 is 11.3 Å². The van der Waals surface area contributed by atoms with E-state index in [0.29, 0.717) is 5.13 Å². The lowest BCUT2D eigenvalue weighted by molar-refractivity contribution is -0.609. The highest BCUT2D eigenvalue weighted by atomic mass is 32.2. The van der Waals surface area contributed by atoms with Gasteiger partial charge < -0.3 is 0 Å². The normalized spacial score (nSPS) is 12.6. The lowest BCUT2D eigenvalue weighted by Gasteiger charge is -2.18. The molecule has 120 valence electrons. The number of nitrogens with two attached hydrogens (primary N) is 1. The first-order chi connectivity index (χ1) is 9.97. The molecule has 2 aromatic heterocycles. The summed E-state index contributed by atoms with van der Waals surface area (Å²) in [5.74, 6) is 0. The molecule has 0 aromatic carbocycles. The van der Waals surface area contributed by atoms with Crippen LogP contribution in [0.25, 0.3) is 5.13 Å². The Morgan fingerprint density at radius 1 is 1.18 bits per heavy atom. The molecule has 0 aliphatic rings. The number of hydrogen-bond donors (Lipinski definition) is 1. The topological polar surface area (TPSA) is 89.8 Å². The van der Waals surface area contributed by atoms with E-state index in [0.717, 1.165) is 29.1 Å². The van der Waals surface area contributed by atoms with Crippen molar-refractivity contribution in [2.24, 2.45) is 10.6 Å². The SMILES string of the molecule is Cc1cc(CC(C)(C)C)cc(C)[n+]1-c1nnc(S(N)(=O)=O)s1. The van der Waals surface area contributed by atoms with E-state index in [4.69, 9.17) is 5.14 Å². The Hall–Kier alpha value is -1.38. The molecule has 22 heavy (non-hydrogen) atoms. The molecule has 0 bridgehead atoms. The van der Waals surface area contributed by atoms with Crippen LogP contribution in [-0.2, 0) is 16.4 Å². The summed E-state index contributed by atoms with van der Waals surface area (Å²) in [6.07, 6.45) is 0.966. The van der Waals surface area contributed by atoms with Crippen LogP contribution in [0.5, 0.6) is 0 Å². The van der Waals surface area contributed by atoms with E-state index in [1.54, 1.807) is 0 Å². The summed E-state index contributed by atoms with van der Waals surface area (Å²) in [4.78, 5) is 0. The number of aromatic nitrogens is 3. The number of pyridine rings is 1. The van der Waals surface area contributed by atoms with Gasteiger partial charge in [0.2, 0.25) is 0 Å². The predicted octanol–water partition coefficient (Wildman–Crippen LogP) is 1.67. The van der Waals surface area contributed by atoms with Crippen LogP contribution in [0.3, 0.4) is 0 Å². The fourth-order valence-corrected chi connectivity index (χ4v) is 3.95. The monoisotopic (exact) mass is 341 g/mol. The molecule has 0 aliphatic carbocycles. The van der Waals surface area contributed by atoms with Gasteiger partial charge in [-0.3, -0.25) is 0 Å². The van der Waals surface area contributed by atoms with E-state index in [1.807, 2.05) is 18.4 Å². The molecular formula is C14H21N4O2S2+. The standard InChI is InChI=1S/C14H21N4O2S2/c1-9-6-11(8-14(3,4)5)7-10(2)18(9)12-16-17-13(21-12)22(15,19)20/h6-7H,8H2,1-5H3,(H2,15,19,20)/q+1. The third kappa shape index (κ3) is 3.88. The maximum atomic E-state index is 11.3. The predicted molar refractivity (Wildman–Crippen MR) is 85.4 cm³/mol. The molecule has 0 saturated heterocycles. The maximum absolute atomic E-state index is 11.3. The molecular weight excluding hydrogens is 320 g/mol. The zero-order valence-electron chi connectivity index (χ0n) is 13.4. The number of hydrogen-bond acceptors (Lipinski definition) is 5. The molecule has 6 nitrogen and oxygen atoms in total. The summed E-state index contributed by atoms with van der Waals surface area (Å²) in [5.41, 5.74) is 3.41. The third-order valence-electron chi connectivity index (χ3n) is 3.06. The van der Waals surface area contributed by atoms with E-state index in [2.05, 4.69) is 43.1 Å². The molecule has 0 saturated carbocycles. The first-order valence-corrected chi connectivity index (χ1v) is 9.22. The number of nitrogens with zero attached hydrogens (tertiary/aromatic N) is 3. The fourth-order valence-electron chi connectivity index (χ4n) is 2.41. The van der Waals surface area contributed by atoms with Crippen LogP contribution in [0.1, 0.15) is 37.7 Å². The van der Waals surface area contributed by atoms with Crippen LogP contribution in [0, 0.1) is 19.3 Å². The van der Waals surface area contributed by atoms with Gasteiger partial charge in [-0.2, -0.15) is 4.57 Å². The van der Waals surface area contributed by atoms with Gasteiger partial charge in [0.25, 0.3) is 14.4 Å². The van der Waals surface area contributed by atoms with Gasteiger partial charge in [0.1, 0.15) is 11.4 Å². The number of sulfonamides is 1. The van der Waals surface area contributed by atoms with Crippen molar-refractivity contribution in [3.63, 3.8) is 0 Å². The highest BCUT2D eigenvalue weighted by Crippen LogP contribution is 2.22. The van der Waals surface area contributed by atoms with E-state index >= 15 is 0 Å². The minimum atomic E-state index is -3.82. The first kappa shape index (κ1) is 17.0. The van der Waals surface area contributed by atoms with Gasteiger partial charge in [0, 0.05) is 0 Å². The first-order valence-electron chi connectivity index (χ1n) is 6.86. The lowest BCUT2D eigenvalue weighted by atomic mass is 9.88. The van der Waals surface area contributed by atoms with E-state index in [-0.39, 0.29) is 9.75 Å². The second-order valence-electron chi connectivity index (χ2n) is 6.61.